The van der Waals surface area contributed by atoms with E-state index in [1.165, 1.54) is 24.3 Å². The third kappa shape index (κ3) is 5.25. The molecule has 0 saturated carbocycles. The topological polar surface area (TPSA) is 163 Å². The van der Waals surface area contributed by atoms with Gasteiger partial charge >= 0.3 is 11.9 Å². The second-order valence-electron chi connectivity index (χ2n) is 5.79. The van der Waals surface area contributed by atoms with Crippen LogP contribution in [0.15, 0.2) is 24.3 Å². The first-order valence-corrected chi connectivity index (χ1v) is 7.93. The monoisotopic (exact) mass is 384 g/mol. The molecule has 5 N–H and O–H groups in total. The van der Waals surface area contributed by atoms with Gasteiger partial charge in [-0.3, -0.25) is 4.79 Å². The van der Waals surface area contributed by atoms with Crippen LogP contribution in [0.1, 0.15) is 12.5 Å². The van der Waals surface area contributed by atoms with Crippen molar-refractivity contribution in [1.82, 2.24) is 0 Å². The number of carbonyl (C=O) groups excluding carboxylic acids is 1. The lowest BCUT2D eigenvalue weighted by Gasteiger charge is -2.39. The van der Waals surface area contributed by atoms with Gasteiger partial charge in [0.2, 0.25) is 6.29 Å². The van der Waals surface area contributed by atoms with Crippen molar-refractivity contribution >= 4 is 18.0 Å². The van der Waals surface area contributed by atoms with Gasteiger partial charge < -0.3 is 39.7 Å². The zero-order valence-corrected chi connectivity index (χ0v) is 14.3. The van der Waals surface area contributed by atoms with E-state index in [1.54, 1.807) is 0 Å². The Morgan fingerprint density at radius 3 is 2.44 bits per heavy atom. The number of rotatable bonds is 6. The van der Waals surface area contributed by atoms with E-state index in [2.05, 4.69) is 0 Å². The van der Waals surface area contributed by atoms with E-state index in [-0.39, 0.29) is 11.5 Å². The van der Waals surface area contributed by atoms with Crippen molar-refractivity contribution in [3.63, 3.8) is 0 Å². The first-order chi connectivity index (χ1) is 12.7. The Hall–Kier alpha value is -2.50. The lowest BCUT2D eigenvalue weighted by Crippen LogP contribution is -2.60. The van der Waals surface area contributed by atoms with Gasteiger partial charge in [0.15, 0.2) is 11.5 Å². The summed E-state index contributed by atoms with van der Waals surface area (Å²) in [6, 6.07) is 4.15. The van der Waals surface area contributed by atoms with Crippen LogP contribution in [0.4, 0.5) is 0 Å². The van der Waals surface area contributed by atoms with Crippen molar-refractivity contribution in [2.24, 2.45) is 0 Å². The van der Waals surface area contributed by atoms with Crippen LogP contribution in [-0.4, -0.2) is 74.8 Å². The smallest absolute Gasteiger partial charge is 0.328 e. The number of ether oxygens (including phenoxy) is 3. The third-order valence-electron chi connectivity index (χ3n) is 3.73. The van der Waals surface area contributed by atoms with Gasteiger partial charge in [0.1, 0.15) is 24.4 Å². The SMILES string of the molecule is CC(=O)Oc1cc(C=CC(=O)O)ccc1OC1OC(CO)C(O)C(O)C1O. The van der Waals surface area contributed by atoms with Crippen molar-refractivity contribution in [2.45, 2.75) is 37.6 Å². The van der Waals surface area contributed by atoms with E-state index < -0.39 is 49.3 Å². The molecule has 5 unspecified atom stereocenters. The number of carboxylic acid groups (broad SMARTS) is 1. The third-order valence-corrected chi connectivity index (χ3v) is 3.73. The minimum absolute atomic E-state index is 0.0398. The van der Waals surface area contributed by atoms with E-state index in [1.807, 2.05) is 0 Å². The van der Waals surface area contributed by atoms with Gasteiger partial charge in [-0.15, -0.1) is 0 Å². The molecule has 1 aromatic rings. The van der Waals surface area contributed by atoms with Crippen LogP contribution in [0.5, 0.6) is 11.5 Å². The second kappa shape index (κ2) is 8.93. The fraction of sp³-hybridized carbons (Fsp3) is 0.412. The summed E-state index contributed by atoms with van der Waals surface area (Å²) >= 11 is 0. The van der Waals surface area contributed by atoms with Crippen molar-refractivity contribution in [3.05, 3.63) is 29.8 Å². The van der Waals surface area contributed by atoms with Gasteiger partial charge in [-0.1, -0.05) is 6.07 Å². The Bertz CT molecular complexity index is 714. The van der Waals surface area contributed by atoms with Gasteiger partial charge in [-0.2, -0.15) is 0 Å². The fourth-order valence-corrected chi connectivity index (χ4v) is 2.42. The Labute approximate surface area is 153 Å². The maximum atomic E-state index is 11.3. The second-order valence-corrected chi connectivity index (χ2v) is 5.79. The van der Waals surface area contributed by atoms with Crippen LogP contribution < -0.4 is 9.47 Å². The molecule has 1 heterocycles. The lowest BCUT2D eigenvalue weighted by molar-refractivity contribution is -0.277. The average molecular weight is 384 g/mol. The minimum Gasteiger partial charge on any atom is -0.478 e. The molecule has 0 aliphatic carbocycles. The molecule has 1 aliphatic rings. The van der Waals surface area contributed by atoms with Crippen LogP contribution in [-0.2, 0) is 14.3 Å². The van der Waals surface area contributed by atoms with Crippen LogP contribution in [0.3, 0.4) is 0 Å². The molecule has 1 saturated heterocycles. The van der Waals surface area contributed by atoms with Crippen LogP contribution in [0, 0.1) is 0 Å². The van der Waals surface area contributed by atoms with Gasteiger partial charge in [0, 0.05) is 13.0 Å². The number of carbonyl (C=O) groups is 2. The van der Waals surface area contributed by atoms with Crippen molar-refractivity contribution < 1.29 is 49.3 Å². The highest BCUT2D eigenvalue weighted by atomic mass is 16.7. The molecule has 0 spiro atoms. The zero-order valence-electron chi connectivity index (χ0n) is 14.3. The Morgan fingerprint density at radius 1 is 1.15 bits per heavy atom. The largest absolute Gasteiger partial charge is 0.478 e. The van der Waals surface area contributed by atoms with Gasteiger partial charge in [0.25, 0.3) is 0 Å². The maximum Gasteiger partial charge on any atom is 0.328 e. The van der Waals surface area contributed by atoms with E-state index in [0.717, 1.165) is 13.0 Å². The van der Waals surface area contributed by atoms with Crippen molar-refractivity contribution in [3.8, 4) is 11.5 Å². The summed E-state index contributed by atoms with van der Waals surface area (Å²) in [6.45, 7) is 0.526. The number of aliphatic hydroxyl groups excluding tert-OH is 4. The summed E-state index contributed by atoms with van der Waals surface area (Å²) in [5.74, 6) is -1.95. The maximum absolute atomic E-state index is 11.3. The van der Waals surface area contributed by atoms with Crippen LogP contribution >= 0.6 is 0 Å². The average Bonchev–Trinajstić information content (AvgIpc) is 2.61. The first kappa shape index (κ1) is 20.8. The fourth-order valence-electron chi connectivity index (χ4n) is 2.42. The molecule has 10 nitrogen and oxygen atoms in total. The number of benzene rings is 1. The van der Waals surface area contributed by atoms with E-state index in [4.69, 9.17) is 19.3 Å². The minimum atomic E-state index is -1.64. The molecule has 5 atom stereocenters. The number of carboxylic acids is 1. The molecule has 1 fully saturated rings. The quantitative estimate of drug-likeness (QED) is 0.231. The van der Waals surface area contributed by atoms with E-state index >= 15 is 0 Å². The first-order valence-electron chi connectivity index (χ1n) is 7.93. The molecule has 1 aromatic carbocycles. The molecular weight excluding hydrogens is 364 g/mol. The van der Waals surface area contributed by atoms with E-state index in [9.17, 15) is 30.0 Å². The van der Waals surface area contributed by atoms with Crippen LogP contribution in [0.2, 0.25) is 0 Å². The predicted molar refractivity (Wildman–Crippen MR) is 88.8 cm³/mol. The Morgan fingerprint density at radius 2 is 1.85 bits per heavy atom. The van der Waals surface area contributed by atoms with Crippen LogP contribution in [0.25, 0.3) is 6.08 Å². The number of esters is 1. The summed E-state index contributed by atoms with van der Waals surface area (Å²) in [4.78, 5) is 21.9. The number of aliphatic carboxylic acids is 1. The Balaban J connectivity index is 2.28. The Kier molecular flexibility index (Phi) is 6.88. The summed E-state index contributed by atoms with van der Waals surface area (Å²) < 4.78 is 15.7. The number of hydrogen-bond donors (Lipinski definition) is 5. The predicted octanol–water partition coefficient (Wildman–Crippen LogP) is -1.11. The molecule has 1 aliphatic heterocycles. The molecular formula is C17H20O10. The standard InChI is InChI=1S/C17H20O10/c1-8(19)25-11-6-9(3-5-13(20)21)2-4-10(11)26-17-16(24)15(23)14(22)12(7-18)27-17/h2-6,12,14-18,22-24H,7H2,1H3,(H,20,21). The molecule has 10 heteroatoms. The van der Waals surface area contributed by atoms with Gasteiger partial charge in [-0.25, -0.2) is 4.79 Å². The molecule has 2 rings (SSSR count). The highest BCUT2D eigenvalue weighted by Crippen LogP contribution is 2.32. The summed E-state index contributed by atoms with van der Waals surface area (Å²) in [7, 11) is 0. The summed E-state index contributed by atoms with van der Waals surface area (Å²) in [6.07, 6.45) is -5.27. The number of aliphatic hydroxyl groups is 4. The zero-order chi connectivity index (χ0) is 20.1. The van der Waals surface area contributed by atoms with Crippen molar-refractivity contribution in [2.75, 3.05) is 6.61 Å². The van der Waals surface area contributed by atoms with Gasteiger partial charge in [0.05, 0.1) is 6.61 Å². The summed E-state index contributed by atoms with van der Waals surface area (Å²) in [5.41, 5.74) is 0.398. The van der Waals surface area contributed by atoms with E-state index in [0.29, 0.717) is 5.56 Å². The highest BCUT2D eigenvalue weighted by molar-refractivity contribution is 5.85. The highest BCUT2D eigenvalue weighted by Gasteiger charge is 2.45. The summed E-state index contributed by atoms with van der Waals surface area (Å²) in [5, 5.41) is 47.5. The normalized spacial score (nSPS) is 28.1. The molecule has 0 bridgehead atoms. The number of hydrogen-bond acceptors (Lipinski definition) is 9. The van der Waals surface area contributed by atoms with Gasteiger partial charge in [-0.05, 0) is 23.8 Å². The molecule has 27 heavy (non-hydrogen) atoms. The molecule has 0 radical (unpaired) electrons. The van der Waals surface area contributed by atoms with Crippen molar-refractivity contribution in [1.29, 1.82) is 0 Å². The molecule has 0 amide bonds. The molecule has 0 aromatic heterocycles. The lowest BCUT2D eigenvalue weighted by atomic mass is 9.99. The molecule has 148 valence electrons.